The van der Waals surface area contributed by atoms with Crippen molar-refractivity contribution in [2.75, 3.05) is 5.43 Å². The maximum atomic E-state index is 15.4. The summed E-state index contributed by atoms with van der Waals surface area (Å²) in [6, 6.07) is 19.1. The number of aromatic nitrogens is 4. The Bertz CT molecular complexity index is 2670. The molecule has 2 fully saturated rings. The van der Waals surface area contributed by atoms with Crippen LogP contribution in [0.15, 0.2) is 118 Å². The van der Waals surface area contributed by atoms with Gasteiger partial charge < -0.3 is 9.84 Å². The van der Waals surface area contributed by atoms with Gasteiger partial charge in [-0.1, -0.05) is 59.6 Å². The number of para-hydroxylation sites is 1. The third kappa shape index (κ3) is 5.24. The van der Waals surface area contributed by atoms with Crippen molar-refractivity contribution in [3.05, 3.63) is 156 Å². The summed E-state index contributed by atoms with van der Waals surface area (Å²) >= 11 is 12.6. The summed E-state index contributed by atoms with van der Waals surface area (Å²) in [5.41, 5.74) is 0.804. The first-order chi connectivity index (χ1) is 26.8. The lowest BCUT2D eigenvalue weighted by Gasteiger charge is -2.49. The van der Waals surface area contributed by atoms with Crippen LogP contribution in [0.25, 0.3) is 5.69 Å². The molecule has 5 aromatic rings. The second-order valence-corrected chi connectivity index (χ2v) is 14.7. The molecule has 4 aliphatic rings. The lowest BCUT2D eigenvalue weighted by atomic mass is 9.52. The average Bonchev–Trinajstić information content (AvgIpc) is 3.56. The number of alkyl halides is 3. The minimum atomic E-state index is -4.76. The zero-order chi connectivity index (χ0) is 39.3. The summed E-state index contributed by atoms with van der Waals surface area (Å²) in [6.07, 6.45) is -0.962. The number of allylic oxidation sites excluding steroid dienone is 3. The molecule has 0 bridgehead atoms. The zero-order valence-corrected chi connectivity index (χ0v) is 30.2. The Balaban J connectivity index is 1.26. The largest absolute Gasteiger partial charge is 0.508 e. The van der Waals surface area contributed by atoms with Crippen LogP contribution in [0.5, 0.6) is 11.5 Å². The lowest BCUT2D eigenvalue weighted by molar-refractivity contribution is -0.139. The molecule has 0 radical (unpaired) electrons. The molecule has 3 aromatic carbocycles. The summed E-state index contributed by atoms with van der Waals surface area (Å²) in [6.45, 7) is -0.0572. The number of anilines is 1. The van der Waals surface area contributed by atoms with Gasteiger partial charge in [-0.3, -0.25) is 15.0 Å². The molecule has 0 unspecified atom stereocenters. The van der Waals surface area contributed by atoms with Crippen molar-refractivity contribution in [3.63, 3.8) is 0 Å². The van der Waals surface area contributed by atoms with E-state index in [1.54, 1.807) is 66.7 Å². The highest BCUT2D eigenvalue weighted by Gasteiger charge is 2.69. The van der Waals surface area contributed by atoms with Gasteiger partial charge in [0.2, 0.25) is 0 Å². The average molecular weight is 804 g/mol. The number of benzene rings is 3. The van der Waals surface area contributed by atoms with Gasteiger partial charge >= 0.3 is 17.6 Å². The highest BCUT2D eigenvalue weighted by Crippen LogP contribution is 2.61. The van der Waals surface area contributed by atoms with E-state index in [0.717, 1.165) is 4.57 Å². The molecule has 4 atom stereocenters. The lowest BCUT2D eigenvalue weighted by Crippen LogP contribution is -2.55. The number of hydrazine groups is 1. The highest BCUT2D eigenvalue weighted by atomic mass is 35.5. The standard InChI is InChI=1S/C39H27Cl2F3N6O6/c40-24-8-6-22(7-9-24)38-28(34(52)49(35(38)53)46-33-29(41)16-23(18-45-33)39(42,43)44)17-30-27(32(38)21-14-20-15-26(51)10-11-31(20)56-19-21)12-13-47-36(54)48(37(55)50(30)47)25-4-2-1-3-5-25/h1-12,15-16,18-19,28,30,32,51H,13-14,17H2,(H,45,46)/t28-,30+,32-,38+/m0/s1. The maximum Gasteiger partial charge on any atom is 0.417 e. The fourth-order valence-corrected chi connectivity index (χ4v) is 8.99. The van der Waals surface area contributed by atoms with E-state index in [4.69, 9.17) is 27.9 Å². The fourth-order valence-electron chi connectivity index (χ4n) is 8.66. The molecule has 3 aliphatic heterocycles. The van der Waals surface area contributed by atoms with Gasteiger partial charge in [-0.15, -0.1) is 0 Å². The number of nitrogens with one attached hydrogen (secondary N) is 1. The summed E-state index contributed by atoms with van der Waals surface area (Å²) < 4.78 is 50.3. The van der Waals surface area contributed by atoms with Crippen LogP contribution in [-0.4, -0.2) is 40.8 Å². The number of phenols is 1. The van der Waals surface area contributed by atoms with E-state index in [1.807, 2.05) is 0 Å². The topological polar surface area (TPSA) is 141 Å². The molecule has 2 amide bonds. The maximum absolute atomic E-state index is 15.4. The SMILES string of the molecule is O=C1[C@@H]2C[C@@H]3C(=CCn4c(=O)n(-c5ccccc5)c(=O)n43)[C@H](C3=COc4ccc(O)cc4C3)[C@]2(c2ccc(Cl)cc2)C(=O)N1Nc1ncc(C(F)(F)F)cc1Cl. The van der Waals surface area contributed by atoms with Crippen molar-refractivity contribution in [1.82, 2.24) is 23.9 Å². The Morgan fingerprint density at radius 3 is 2.41 bits per heavy atom. The van der Waals surface area contributed by atoms with Crippen molar-refractivity contribution < 1.29 is 32.6 Å². The quantitative estimate of drug-likeness (QED) is 0.158. The summed E-state index contributed by atoms with van der Waals surface area (Å²) in [4.78, 5) is 62.3. The van der Waals surface area contributed by atoms with E-state index in [1.165, 1.54) is 27.8 Å². The third-order valence-electron chi connectivity index (χ3n) is 11.0. The number of carbonyl (C=O) groups excluding carboxylic acids is 2. The van der Waals surface area contributed by atoms with Gasteiger partial charge in [0.05, 0.1) is 46.5 Å². The van der Waals surface area contributed by atoms with E-state index in [-0.39, 0.29) is 31.0 Å². The number of carbonyl (C=O) groups is 2. The molecule has 1 aliphatic carbocycles. The van der Waals surface area contributed by atoms with E-state index in [9.17, 15) is 32.7 Å². The van der Waals surface area contributed by atoms with E-state index in [0.29, 0.717) is 56.0 Å². The molecule has 2 aromatic heterocycles. The van der Waals surface area contributed by atoms with Crippen LogP contribution in [0.3, 0.4) is 0 Å². The minimum Gasteiger partial charge on any atom is -0.508 e. The normalized spacial score (nSPS) is 22.7. The van der Waals surface area contributed by atoms with E-state index in [2.05, 4.69) is 10.4 Å². The van der Waals surface area contributed by atoms with Gasteiger partial charge in [0.1, 0.15) is 11.5 Å². The molecule has 1 saturated heterocycles. The van der Waals surface area contributed by atoms with Crippen LogP contribution in [-0.2, 0) is 34.1 Å². The minimum absolute atomic E-state index is 0.0291. The van der Waals surface area contributed by atoms with E-state index >= 15 is 4.79 Å². The predicted molar refractivity (Wildman–Crippen MR) is 196 cm³/mol. The second kappa shape index (κ2) is 12.7. The van der Waals surface area contributed by atoms with Crippen LogP contribution < -0.4 is 21.5 Å². The Morgan fingerprint density at radius 1 is 0.946 bits per heavy atom. The number of pyridine rings is 1. The molecule has 5 heterocycles. The molecule has 17 heteroatoms. The molecule has 1 saturated carbocycles. The van der Waals surface area contributed by atoms with Gasteiger partial charge in [0, 0.05) is 29.1 Å². The monoisotopic (exact) mass is 802 g/mol. The summed E-state index contributed by atoms with van der Waals surface area (Å²) in [5.74, 6) is -3.78. The fraction of sp³-hybridized carbons (Fsp3) is 0.205. The molecular weight excluding hydrogens is 776 g/mol. The number of aromatic hydroxyl groups is 1. The number of rotatable bonds is 5. The van der Waals surface area contributed by atoms with Crippen LogP contribution in [0.2, 0.25) is 10.0 Å². The summed E-state index contributed by atoms with van der Waals surface area (Å²) in [5, 5.41) is 11.0. The number of halogens is 5. The van der Waals surface area contributed by atoms with Crippen LogP contribution in [0.1, 0.15) is 29.2 Å². The van der Waals surface area contributed by atoms with Crippen molar-refractivity contribution in [3.8, 4) is 17.2 Å². The Labute approximate surface area is 324 Å². The van der Waals surface area contributed by atoms with Gasteiger partial charge in [0.25, 0.3) is 11.8 Å². The smallest absolute Gasteiger partial charge is 0.417 e. The first-order valence-corrected chi connectivity index (χ1v) is 18.1. The van der Waals surface area contributed by atoms with Gasteiger partial charge in [0.15, 0.2) is 5.82 Å². The van der Waals surface area contributed by atoms with Crippen molar-refractivity contribution in [2.45, 2.75) is 37.0 Å². The second-order valence-electron chi connectivity index (χ2n) is 13.9. The first-order valence-electron chi connectivity index (χ1n) is 17.3. The molecule has 9 rings (SSSR count). The van der Waals surface area contributed by atoms with Gasteiger partial charge in [-0.2, -0.15) is 18.2 Å². The molecular formula is C39H27Cl2F3N6O6. The highest BCUT2D eigenvalue weighted by molar-refractivity contribution is 6.33. The summed E-state index contributed by atoms with van der Waals surface area (Å²) in [7, 11) is 0. The molecule has 12 nitrogen and oxygen atoms in total. The molecule has 284 valence electrons. The van der Waals surface area contributed by atoms with Gasteiger partial charge in [-0.25, -0.2) is 28.5 Å². The van der Waals surface area contributed by atoms with Crippen molar-refractivity contribution in [1.29, 1.82) is 0 Å². The number of amides is 2. The Morgan fingerprint density at radius 2 is 1.70 bits per heavy atom. The number of phenolic OH excluding ortho intramolecular Hbond substituents is 1. The Hall–Kier alpha value is -6.06. The van der Waals surface area contributed by atoms with Crippen LogP contribution >= 0.6 is 23.2 Å². The zero-order valence-electron chi connectivity index (χ0n) is 28.7. The number of hydrogen-bond donors (Lipinski definition) is 2. The van der Waals surface area contributed by atoms with Gasteiger partial charge in [-0.05, 0) is 71.7 Å². The predicted octanol–water partition coefficient (Wildman–Crippen LogP) is 6.20. The number of imide groups is 1. The number of nitrogens with zero attached hydrogens (tertiary/aromatic N) is 5. The van der Waals surface area contributed by atoms with Crippen molar-refractivity contribution >= 4 is 40.8 Å². The van der Waals surface area contributed by atoms with Crippen LogP contribution in [0, 0.1) is 11.8 Å². The number of ether oxygens (including phenoxy) is 1. The molecule has 56 heavy (non-hydrogen) atoms. The number of fused-ring (bicyclic) bond motifs is 5. The van der Waals surface area contributed by atoms with E-state index < -0.39 is 63.2 Å². The first kappa shape index (κ1) is 35.6. The molecule has 2 N–H and O–H groups in total. The number of hydrogen-bond acceptors (Lipinski definition) is 8. The Kier molecular flexibility index (Phi) is 8.11. The van der Waals surface area contributed by atoms with Crippen LogP contribution in [0.4, 0.5) is 19.0 Å². The molecule has 0 spiro atoms. The van der Waals surface area contributed by atoms with Crippen molar-refractivity contribution in [2.24, 2.45) is 11.8 Å². The third-order valence-corrected chi connectivity index (χ3v) is 11.5.